The number of halogens is 2. The van der Waals surface area contributed by atoms with E-state index in [2.05, 4.69) is 4.98 Å². The van der Waals surface area contributed by atoms with Crippen molar-refractivity contribution in [2.45, 2.75) is 24.6 Å². The van der Waals surface area contributed by atoms with Gasteiger partial charge in [-0.15, -0.1) is 0 Å². The van der Waals surface area contributed by atoms with Gasteiger partial charge in [0.25, 0.3) is 0 Å². The molecule has 1 saturated heterocycles. The van der Waals surface area contributed by atoms with Crippen molar-refractivity contribution in [3.8, 4) is 0 Å². The molecule has 0 saturated carbocycles. The van der Waals surface area contributed by atoms with Crippen LogP contribution in [0.4, 0.5) is 10.3 Å². The standard InChI is InChI=1S/C12H13ClFN3S/c13-8-4-11-10(5-9(8)14)16-12(15)17(11)6-7-2-1-3-18-7/h4-5,7H,1-3,6H2,(H2,15,16). The lowest BCUT2D eigenvalue weighted by atomic mass is 10.2. The van der Waals surface area contributed by atoms with Crippen molar-refractivity contribution in [1.82, 2.24) is 9.55 Å². The molecule has 1 atom stereocenters. The molecule has 3 rings (SSSR count). The molecule has 2 N–H and O–H groups in total. The fraction of sp³-hybridized carbons (Fsp3) is 0.417. The van der Waals surface area contributed by atoms with Gasteiger partial charge < -0.3 is 10.3 Å². The number of aromatic nitrogens is 2. The van der Waals surface area contributed by atoms with E-state index < -0.39 is 5.82 Å². The number of thioether (sulfide) groups is 1. The first-order valence-corrected chi connectivity index (χ1v) is 7.30. The summed E-state index contributed by atoms with van der Waals surface area (Å²) in [6, 6.07) is 2.95. The molecule has 1 aliphatic rings. The summed E-state index contributed by atoms with van der Waals surface area (Å²) in [5.74, 6) is 1.18. The molecule has 18 heavy (non-hydrogen) atoms. The van der Waals surface area contributed by atoms with E-state index in [-0.39, 0.29) is 5.02 Å². The van der Waals surface area contributed by atoms with Gasteiger partial charge in [0.15, 0.2) is 0 Å². The number of anilines is 1. The van der Waals surface area contributed by atoms with Gasteiger partial charge in [-0.3, -0.25) is 0 Å². The SMILES string of the molecule is Nc1nc2cc(F)c(Cl)cc2n1CC1CCCS1. The molecule has 0 radical (unpaired) electrons. The molecule has 1 aromatic carbocycles. The number of hydrogen-bond donors (Lipinski definition) is 1. The molecular weight excluding hydrogens is 273 g/mol. The van der Waals surface area contributed by atoms with Crippen molar-refractivity contribution >= 4 is 40.3 Å². The zero-order valence-electron chi connectivity index (χ0n) is 9.70. The number of fused-ring (bicyclic) bond motifs is 1. The lowest BCUT2D eigenvalue weighted by molar-refractivity contribution is 0.629. The maximum atomic E-state index is 13.4. The van der Waals surface area contributed by atoms with Crippen LogP contribution in [0.1, 0.15) is 12.8 Å². The normalized spacial score (nSPS) is 19.8. The van der Waals surface area contributed by atoms with E-state index in [1.807, 2.05) is 16.3 Å². The average Bonchev–Trinajstić information content (AvgIpc) is 2.92. The Morgan fingerprint density at radius 3 is 3.11 bits per heavy atom. The summed E-state index contributed by atoms with van der Waals surface area (Å²) < 4.78 is 15.3. The second-order valence-corrected chi connectivity index (χ2v) is 6.29. The Balaban J connectivity index is 2.04. The Morgan fingerprint density at radius 1 is 1.56 bits per heavy atom. The predicted molar refractivity (Wildman–Crippen MR) is 74.6 cm³/mol. The highest BCUT2D eigenvalue weighted by Gasteiger charge is 2.19. The first-order valence-electron chi connectivity index (χ1n) is 5.87. The molecule has 0 amide bonds. The number of nitrogens with two attached hydrogens (primary N) is 1. The minimum Gasteiger partial charge on any atom is -0.369 e. The molecule has 1 fully saturated rings. The predicted octanol–water partition coefficient (Wildman–Crippen LogP) is 3.31. The number of nitrogens with zero attached hydrogens (tertiary/aromatic N) is 2. The van der Waals surface area contributed by atoms with Crippen molar-refractivity contribution in [2.24, 2.45) is 0 Å². The van der Waals surface area contributed by atoms with Crippen LogP contribution in [0, 0.1) is 5.82 Å². The second-order valence-electron chi connectivity index (χ2n) is 4.47. The minimum atomic E-state index is -0.455. The van der Waals surface area contributed by atoms with Crippen LogP contribution in [0.15, 0.2) is 12.1 Å². The number of benzene rings is 1. The van der Waals surface area contributed by atoms with Crippen molar-refractivity contribution in [3.05, 3.63) is 23.0 Å². The van der Waals surface area contributed by atoms with Gasteiger partial charge in [0.1, 0.15) is 5.82 Å². The highest BCUT2D eigenvalue weighted by atomic mass is 35.5. The summed E-state index contributed by atoms with van der Waals surface area (Å²) in [6.45, 7) is 0.814. The van der Waals surface area contributed by atoms with Crippen LogP contribution < -0.4 is 5.73 Å². The Hall–Kier alpha value is -0.940. The van der Waals surface area contributed by atoms with Gasteiger partial charge in [0.2, 0.25) is 5.95 Å². The smallest absolute Gasteiger partial charge is 0.201 e. The fourth-order valence-electron chi connectivity index (χ4n) is 2.32. The molecule has 2 aromatic rings. The summed E-state index contributed by atoms with van der Waals surface area (Å²) in [5, 5.41) is 0.677. The van der Waals surface area contributed by atoms with Crippen LogP contribution in [-0.2, 0) is 6.54 Å². The first kappa shape index (κ1) is 12.1. The van der Waals surface area contributed by atoms with Crippen molar-refractivity contribution < 1.29 is 4.39 Å². The van der Waals surface area contributed by atoms with Gasteiger partial charge in [-0.05, 0) is 24.7 Å². The fourth-order valence-corrected chi connectivity index (χ4v) is 3.73. The maximum absolute atomic E-state index is 13.4. The first-order chi connectivity index (χ1) is 8.65. The zero-order chi connectivity index (χ0) is 12.7. The third kappa shape index (κ3) is 2.06. The van der Waals surface area contributed by atoms with E-state index in [1.54, 1.807) is 6.07 Å². The van der Waals surface area contributed by atoms with Crippen LogP contribution in [0.25, 0.3) is 11.0 Å². The Bertz CT molecular complexity index is 593. The number of imidazole rings is 1. The van der Waals surface area contributed by atoms with Gasteiger partial charge >= 0.3 is 0 Å². The van der Waals surface area contributed by atoms with Gasteiger partial charge in [-0.2, -0.15) is 11.8 Å². The van der Waals surface area contributed by atoms with E-state index >= 15 is 0 Å². The van der Waals surface area contributed by atoms with E-state index in [9.17, 15) is 4.39 Å². The molecule has 96 valence electrons. The molecular formula is C12H13ClFN3S. The number of hydrogen-bond acceptors (Lipinski definition) is 3. The molecule has 0 bridgehead atoms. The maximum Gasteiger partial charge on any atom is 0.201 e. The van der Waals surface area contributed by atoms with Gasteiger partial charge in [0, 0.05) is 17.9 Å². The molecule has 0 spiro atoms. The third-order valence-electron chi connectivity index (χ3n) is 3.23. The topological polar surface area (TPSA) is 43.8 Å². The summed E-state index contributed by atoms with van der Waals surface area (Å²) in [5.41, 5.74) is 7.29. The Kier molecular flexibility index (Phi) is 3.11. The monoisotopic (exact) mass is 285 g/mol. The molecule has 1 aromatic heterocycles. The van der Waals surface area contributed by atoms with Gasteiger partial charge in [0.05, 0.1) is 16.1 Å². The molecule has 2 heterocycles. The highest BCUT2D eigenvalue weighted by molar-refractivity contribution is 8.00. The van der Waals surface area contributed by atoms with E-state index in [1.165, 1.54) is 24.7 Å². The van der Waals surface area contributed by atoms with Crippen LogP contribution in [-0.4, -0.2) is 20.6 Å². The lowest BCUT2D eigenvalue weighted by Gasteiger charge is -2.11. The average molecular weight is 286 g/mol. The van der Waals surface area contributed by atoms with Crippen LogP contribution in [0.2, 0.25) is 5.02 Å². The van der Waals surface area contributed by atoms with E-state index in [4.69, 9.17) is 17.3 Å². The van der Waals surface area contributed by atoms with Gasteiger partial charge in [-0.25, -0.2) is 9.37 Å². The van der Waals surface area contributed by atoms with E-state index in [0.29, 0.717) is 16.7 Å². The third-order valence-corrected chi connectivity index (χ3v) is 4.90. The Labute approximate surface area is 114 Å². The number of nitrogen functional groups attached to an aromatic ring is 1. The van der Waals surface area contributed by atoms with E-state index in [0.717, 1.165) is 12.1 Å². The summed E-state index contributed by atoms with van der Waals surface area (Å²) >= 11 is 7.78. The minimum absolute atomic E-state index is 0.114. The molecule has 1 unspecified atom stereocenters. The Morgan fingerprint density at radius 2 is 2.39 bits per heavy atom. The van der Waals surface area contributed by atoms with Crippen molar-refractivity contribution in [3.63, 3.8) is 0 Å². The molecule has 6 heteroatoms. The van der Waals surface area contributed by atoms with Gasteiger partial charge in [-0.1, -0.05) is 11.6 Å². The second kappa shape index (κ2) is 4.63. The molecule has 1 aliphatic heterocycles. The molecule has 3 nitrogen and oxygen atoms in total. The van der Waals surface area contributed by atoms with Crippen LogP contribution >= 0.6 is 23.4 Å². The summed E-state index contributed by atoms with van der Waals surface area (Å²) in [6.07, 6.45) is 2.44. The largest absolute Gasteiger partial charge is 0.369 e. The highest BCUT2D eigenvalue weighted by Crippen LogP contribution is 2.31. The van der Waals surface area contributed by atoms with Crippen molar-refractivity contribution in [1.29, 1.82) is 0 Å². The van der Waals surface area contributed by atoms with Crippen LogP contribution in [0.5, 0.6) is 0 Å². The summed E-state index contributed by atoms with van der Waals surface area (Å²) in [7, 11) is 0. The number of rotatable bonds is 2. The zero-order valence-corrected chi connectivity index (χ0v) is 11.3. The quantitative estimate of drug-likeness (QED) is 0.921. The molecule has 0 aliphatic carbocycles. The lowest BCUT2D eigenvalue weighted by Crippen LogP contribution is -2.12. The summed E-state index contributed by atoms with van der Waals surface area (Å²) in [4.78, 5) is 4.19. The van der Waals surface area contributed by atoms with Crippen molar-refractivity contribution in [2.75, 3.05) is 11.5 Å². The van der Waals surface area contributed by atoms with Crippen LogP contribution in [0.3, 0.4) is 0 Å².